The van der Waals surface area contributed by atoms with Crippen LogP contribution in [0.15, 0.2) is 54.6 Å². The largest absolute Gasteiger partial charge is 0.508 e. The maximum atomic E-state index is 10.00. The summed E-state index contributed by atoms with van der Waals surface area (Å²) in [6.07, 6.45) is 9.31. The molecule has 1 N–H and O–H groups in total. The summed E-state index contributed by atoms with van der Waals surface area (Å²) in [4.78, 5) is 0. The van der Waals surface area contributed by atoms with Crippen LogP contribution in [0.3, 0.4) is 0 Å². The van der Waals surface area contributed by atoms with E-state index in [1.54, 1.807) is 6.07 Å². The van der Waals surface area contributed by atoms with Crippen molar-refractivity contribution in [3.05, 3.63) is 86.6 Å². The van der Waals surface area contributed by atoms with Crippen molar-refractivity contribution in [2.45, 2.75) is 25.7 Å². The zero-order valence-electron chi connectivity index (χ0n) is 14.1. The number of phenolic OH excluding ortho intramolecular Hbond substituents is 1. The van der Waals surface area contributed by atoms with Crippen molar-refractivity contribution >= 4 is 12.2 Å². The molecule has 2 aliphatic carbocycles. The minimum Gasteiger partial charge on any atom is -0.508 e. The molecule has 0 bridgehead atoms. The van der Waals surface area contributed by atoms with Crippen LogP contribution in [-0.4, -0.2) is 5.11 Å². The zero-order valence-corrected chi connectivity index (χ0v) is 14.1. The van der Waals surface area contributed by atoms with E-state index in [0.29, 0.717) is 5.75 Å². The van der Waals surface area contributed by atoms with Crippen LogP contribution in [0.5, 0.6) is 5.75 Å². The number of fused-ring (bicyclic) bond motifs is 4. The minimum atomic E-state index is 0.323. The molecule has 3 aromatic rings. The molecule has 3 aromatic carbocycles. The van der Waals surface area contributed by atoms with Crippen molar-refractivity contribution in [3.63, 3.8) is 0 Å². The van der Waals surface area contributed by atoms with E-state index in [1.165, 1.54) is 50.4 Å². The van der Waals surface area contributed by atoms with Gasteiger partial charge in [0.1, 0.15) is 5.75 Å². The zero-order chi connectivity index (χ0) is 16.8. The molecular formula is C24H20O. The molecule has 0 saturated heterocycles. The van der Waals surface area contributed by atoms with Gasteiger partial charge in [0.2, 0.25) is 0 Å². The van der Waals surface area contributed by atoms with Crippen LogP contribution in [0.2, 0.25) is 0 Å². The maximum absolute atomic E-state index is 10.00. The molecule has 1 nitrogen and oxygen atoms in total. The Morgan fingerprint density at radius 3 is 2.64 bits per heavy atom. The van der Waals surface area contributed by atoms with Crippen molar-refractivity contribution in [2.75, 3.05) is 0 Å². The fraction of sp³-hybridized carbons (Fsp3) is 0.167. The predicted molar refractivity (Wildman–Crippen MR) is 102 cm³/mol. The van der Waals surface area contributed by atoms with Gasteiger partial charge in [0.25, 0.3) is 0 Å². The first-order chi connectivity index (χ1) is 12.3. The van der Waals surface area contributed by atoms with Gasteiger partial charge in [0, 0.05) is 0 Å². The monoisotopic (exact) mass is 324 g/mol. The average Bonchev–Trinajstić information content (AvgIpc) is 2.67. The van der Waals surface area contributed by atoms with Crippen molar-refractivity contribution in [1.82, 2.24) is 0 Å². The number of benzene rings is 3. The Morgan fingerprint density at radius 1 is 0.800 bits per heavy atom. The molecular weight excluding hydrogens is 304 g/mol. The third-order valence-corrected chi connectivity index (χ3v) is 5.49. The third kappa shape index (κ3) is 2.31. The van der Waals surface area contributed by atoms with E-state index in [0.717, 1.165) is 18.4 Å². The number of rotatable bonds is 1. The number of aromatic hydroxyl groups is 1. The summed E-state index contributed by atoms with van der Waals surface area (Å²) >= 11 is 0. The minimum absolute atomic E-state index is 0.323. The molecule has 0 heterocycles. The standard InChI is InChI=1S/C24H20O/c25-19-9-5-8-17(14-19)23-15-18-7-2-3-10-20(18)22-13-12-16-6-1-4-11-21(16)24(22)23/h1,4-9,11-12,14-15,25H,2-3,10,13H2. The van der Waals surface area contributed by atoms with E-state index in [4.69, 9.17) is 0 Å². The molecule has 0 aromatic heterocycles. The lowest BCUT2D eigenvalue weighted by Crippen LogP contribution is -2.20. The Kier molecular flexibility index (Phi) is 3.27. The summed E-state index contributed by atoms with van der Waals surface area (Å²) in [5, 5.41) is 15.4. The highest BCUT2D eigenvalue weighted by Crippen LogP contribution is 2.29. The van der Waals surface area contributed by atoms with Gasteiger partial charge in [-0.15, -0.1) is 0 Å². The predicted octanol–water partition coefficient (Wildman–Crippen LogP) is 3.80. The highest BCUT2D eigenvalue weighted by atomic mass is 16.3. The van der Waals surface area contributed by atoms with Crippen LogP contribution >= 0.6 is 0 Å². The molecule has 122 valence electrons. The first kappa shape index (κ1) is 14.5. The molecule has 0 fully saturated rings. The normalized spacial score (nSPS) is 14.6. The number of hydrogen-bond donors (Lipinski definition) is 1. The number of phenols is 1. The summed E-state index contributed by atoms with van der Waals surface area (Å²) < 4.78 is 0. The second-order valence-electron chi connectivity index (χ2n) is 6.99. The highest BCUT2D eigenvalue weighted by molar-refractivity contribution is 5.70. The van der Waals surface area contributed by atoms with Crippen molar-refractivity contribution in [3.8, 4) is 16.9 Å². The average molecular weight is 324 g/mol. The van der Waals surface area contributed by atoms with E-state index < -0.39 is 0 Å². The molecule has 0 radical (unpaired) electrons. The lowest BCUT2D eigenvalue weighted by molar-refractivity contribution is 0.475. The van der Waals surface area contributed by atoms with Crippen molar-refractivity contribution in [2.24, 2.45) is 0 Å². The summed E-state index contributed by atoms with van der Waals surface area (Å²) in [5.41, 5.74) is 5.33. The van der Waals surface area contributed by atoms with Gasteiger partial charge >= 0.3 is 0 Å². The van der Waals surface area contributed by atoms with Gasteiger partial charge in [-0.2, -0.15) is 0 Å². The van der Waals surface area contributed by atoms with Gasteiger partial charge in [-0.3, -0.25) is 0 Å². The quantitative estimate of drug-likeness (QED) is 0.722. The van der Waals surface area contributed by atoms with Gasteiger partial charge in [-0.1, -0.05) is 48.6 Å². The second-order valence-corrected chi connectivity index (χ2v) is 6.99. The van der Waals surface area contributed by atoms with Crippen LogP contribution in [0.25, 0.3) is 23.3 Å². The van der Waals surface area contributed by atoms with Gasteiger partial charge in [-0.05, 0) is 87.0 Å². The third-order valence-electron chi connectivity index (χ3n) is 5.49. The first-order valence-corrected chi connectivity index (χ1v) is 9.05. The van der Waals surface area contributed by atoms with Gasteiger partial charge in [0.15, 0.2) is 0 Å². The molecule has 5 rings (SSSR count). The topological polar surface area (TPSA) is 20.2 Å². The first-order valence-electron chi connectivity index (χ1n) is 9.05. The molecule has 0 spiro atoms. The summed E-state index contributed by atoms with van der Waals surface area (Å²) in [6.45, 7) is 0. The molecule has 0 amide bonds. The smallest absolute Gasteiger partial charge is 0.116 e. The summed E-state index contributed by atoms with van der Waals surface area (Å²) in [5.74, 6) is 0.323. The summed E-state index contributed by atoms with van der Waals surface area (Å²) in [6, 6.07) is 18.7. The van der Waals surface area contributed by atoms with Crippen LogP contribution in [0, 0.1) is 10.4 Å². The van der Waals surface area contributed by atoms with E-state index in [2.05, 4.69) is 48.6 Å². The fourth-order valence-electron chi connectivity index (χ4n) is 4.36. The Hall–Kier alpha value is -2.80. The van der Waals surface area contributed by atoms with Crippen molar-refractivity contribution in [1.29, 1.82) is 0 Å². The SMILES string of the molecule is Oc1cccc(-c2cc3c(c4c2=c2ccccc2=CC4)CCCC=3)c1. The molecule has 0 saturated carbocycles. The summed E-state index contributed by atoms with van der Waals surface area (Å²) in [7, 11) is 0. The number of hydrogen-bond acceptors (Lipinski definition) is 1. The van der Waals surface area contributed by atoms with E-state index in [9.17, 15) is 5.11 Å². The maximum Gasteiger partial charge on any atom is 0.116 e. The van der Waals surface area contributed by atoms with Crippen LogP contribution in [-0.2, 0) is 12.8 Å². The van der Waals surface area contributed by atoms with E-state index >= 15 is 0 Å². The Balaban J connectivity index is 2.03. The molecule has 0 aliphatic heterocycles. The van der Waals surface area contributed by atoms with Crippen LogP contribution in [0.1, 0.15) is 24.0 Å². The van der Waals surface area contributed by atoms with Gasteiger partial charge in [-0.25, -0.2) is 0 Å². The molecule has 2 aliphatic rings. The Morgan fingerprint density at radius 2 is 1.72 bits per heavy atom. The van der Waals surface area contributed by atoms with Gasteiger partial charge in [0.05, 0.1) is 0 Å². The van der Waals surface area contributed by atoms with E-state index in [1.807, 2.05) is 12.1 Å². The molecule has 25 heavy (non-hydrogen) atoms. The van der Waals surface area contributed by atoms with Crippen LogP contribution < -0.4 is 10.4 Å². The lowest BCUT2D eigenvalue weighted by atomic mass is 9.85. The fourth-order valence-corrected chi connectivity index (χ4v) is 4.36. The molecule has 1 heteroatoms. The second kappa shape index (κ2) is 5.63. The lowest BCUT2D eigenvalue weighted by Gasteiger charge is -2.19. The van der Waals surface area contributed by atoms with Gasteiger partial charge < -0.3 is 5.11 Å². The molecule has 0 unspecified atom stereocenters. The Bertz CT molecular complexity index is 1200. The van der Waals surface area contributed by atoms with E-state index in [-0.39, 0.29) is 0 Å². The van der Waals surface area contributed by atoms with Crippen LogP contribution in [0.4, 0.5) is 0 Å². The molecule has 0 atom stereocenters. The highest BCUT2D eigenvalue weighted by Gasteiger charge is 2.16. The Labute approximate surface area is 146 Å². The van der Waals surface area contributed by atoms with Crippen molar-refractivity contribution < 1.29 is 5.11 Å².